The molecular formula is C12H17N3O3. The normalized spacial score (nSPS) is 20.7. The van der Waals surface area contributed by atoms with Gasteiger partial charge in [-0.15, -0.1) is 0 Å². The van der Waals surface area contributed by atoms with E-state index < -0.39 is 6.10 Å². The summed E-state index contributed by atoms with van der Waals surface area (Å²) in [7, 11) is 1.47. The molecular weight excluding hydrogens is 234 g/mol. The van der Waals surface area contributed by atoms with Gasteiger partial charge in [0.2, 0.25) is 11.7 Å². The number of carbonyl (C=O) groups is 1. The van der Waals surface area contributed by atoms with Gasteiger partial charge in [0, 0.05) is 25.5 Å². The van der Waals surface area contributed by atoms with Crippen molar-refractivity contribution in [3.05, 3.63) is 18.1 Å². The van der Waals surface area contributed by atoms with Gasteiger partial charge in [0.25, 0.3) is 0 Å². The van der Waals surface area contributed by atoms with Crippen LogP contribution in [0, 0.1) is 0 Å². The van der Waals surface area contributed by atoms with Crippen LogP contribution >= 0.6 is 0 Å². The number of Topliss-reactive ketones (excluding diaryl/α,β-unsaturated/α-hetero) is 1. The molecule has 1 fully saturated rings. The molecule has 0 N–H and O–H groups in total. The molecule has 98 valence electrons. The minimum absolute atomic E-state index is 0.168. The van der Waals surface area contributed by atoms with Gasteiger partial charge in [-0.3, -0.25) is 9.69 Å². The summed E-state index contributed by atoms with van der Waals surface area (Å²) in [5, 5.41) is 0. The number of rotatable bonds is 4. The molecule has 6 heteroatoms. The van der Waals surface area contributed by atoms with E-state index in [1.54, 1.807) is 0 Å². The van der Waals surface area contributed by atoms with Gasteiger partial charge in [-0.1, -0.05) is 6.92 Å². The Balaban J connectivity index is 2.15. The molecule has 1 aromatic heterocycles. The predicted molar refractivity (Wildman–Crippen MR) is 64.8 cm³/mol. The Morgan fingerprint density at radius 2 is 2.33 bits per heavy atom. The van der Waals surface area contributed by atoms with Crippen molar-refractivity contribution in [2.75, 3.05) is 33.4 Å². The van der Waals surface area contributed by atoms with Crippen LogP contribution in [0.3, 0.4) is 0 Å². The fourth-order valence-corrected chi connectivity index (χ4v) is 1.94. The average molecular weight is 251 g/mol. The maximum absolute atomic E-state index is 12.3. The molecule has 0 spiro atoms. The van der Waals surface area contributed by atoms with Crippen molar-refractivity contribution in [2.45, 2.75) is 13.0 Å². The van der Waals surface area contributed by atoms with Crippen LogP contribution in [0.25, 0.3) is 0 Å². The smallest absolute Gasteiger partial charge is 0.243 e. The second kappa shape index (κ2) is 5.88. The van der Waals surface area contributed by atoms with E-state index in [9.17, 15) is 4.79 Å². The average Bonchev–Trinajstić information content (AvgIpc) is 2.46. The summed E-state index contributed by atoms with van der Waals surface area (Å²) >= 11 is 0. The number of nitrogens with zero attached hydrogens (tertiary/aromatic N) is 3. The molecule has 2 heterocycles. The number of carbonyl (C=O) groups excluding carboxylic acids is 1. The molecule has 0 amide bonds. The summed E-state index contributed by atoms with van der Waals surface area (Å²) in [6.45, 7) is 4.99. The SMILES string of the molecule is CCN1CCOC(C(=O)c2nccnc2OC)C1. The highest BCUT2D eigenvalue weighted by atomic mass is 16.5. The summed E-state index contributed by atoms with van der Waals surface area (Å²) in [5.74, 6) is 0.0813. The zero-order chi connectivity index (χ0) is 13.0. The van der Waals surface area contributed by atoms with Crippen LogP contribution in [0.15, 0.2) is 12.4 Å². The van der Waals surface area contributed by atoms with E-state index >= 15 is 0 Å². The summed E-state index contributed by atoms with van der Waals surface area (Å²) in [6.07, 6.45) is 2.50. The van der Waals surface area contributed by atoms with Crippen molar-refractivity contribution >= 4 is 5.78 Å². The Labute approximate surface area is 106 Å². The van der Waals surface area contributed by atoms with E-state index in [0.29, 0.717) is 13.2 Å². The lowest BCUT2D eigenvalue weighted by atomic mass is 10.1. The van der Waals surface area contributed by atoms with Crippen molar-refractivity contribution in [3.8, 4) is 5.88 Å². The minimum atomic E-state index is -0.482. The Morgan fingerprint density at radius 3 is 3.06 bits per heavy atom. The lowest BCUT2D eigenvalue weighted by molar-refractivity contribution is -0.0152. The topological polar surface area (TPSA) is 64.5 Å². The van der Waals surface area contributed by atoms with E-state index in [-0.39, 0.29) is 17.4 Å². The number of hydrogen-bond donors (Lipinski definition) is 0. The number of likely N-dealkylation sites (N-methyl/N-ethyl adjacent to an activating group) is 1. The monoisotopic (exact) mass is 251 g/mol. The van der Waals surface area contributed by atoms with E-state index in [1.165, 1.54) is 19.5 Å². The molecule has 0 aliphatic carbocycles. The van der Waals surface area contributed by atoms with Crippen molar-refractivity contribution in [1.82, 2.24) is 14.9 Å². The van der Waals surface area contributed by atoms with Crippen LogP contribution in [-0.2, 0) is 4.74 Å². The highest BCUT2D eigenvalue weighted by Gasteiger charge is 2.29. The number of morpholine rings is 1. The zero-order valence-electron chi connectivity index (χ0n) is 10.6. The fraction of sp³-hybridized carbons (Fsp3) is 0.583. The molecule has 2 rings (SSSR count). The van der Waals surface area contributed by atoms with Crippen molar-refractivity contribution in [2.24, 2.45) is 0 Å². The third kappa shape index (κ3) is 2.65. The van der Waals surface area contributed by atoms with Gasteiger partial charge in [0.15, 0.2) is 5.69 Å². The van der Waals surface area contributed by atoms with E-state index in [1.807, 2.05) is 0 Å². The van der Waals surface area contributed by atoms with Crippen LogP contribution in [0.4, 0.5) is 0 Å². The maximum atomic E-state index is 12.3. The number of methoxy groups -OCH3 is 1. The zero-order valence-corrected chi connectivity index (χ0v) is 10.6. The second-order valence-electron chi connectivity index (χ2n) is 4.03. The number of ether oxygens (including phenoxy) is 2. The van der Waals surface area contributed by atoms with E-state index in [0.717, 1.165) is 13.1 Å². The van der Waals surface area contributed by atoms with Crippen LogP contribution in [0.1, 0.15) is 17.4 Å². The molecule has 6 nitrogen and oxygen atoms in total. The summed E-state index contributed by atoms with van der Waals surface area (Å²) in [6, 6.07) is 0. The number of aromatic nitrogens is 2. The lowest BCUT2D eigenvalue weighted by Gasteiger charge is -2.30. The molecule has 1 atom stereocenters. The Bertz CT molecular complexity index is 425. The lowest BCUT2D eigenvalue weighted by Crippen LogP contribution is -2.46. The van der Waals surface area contributed by atoms with Gasteiger partial charge in [-0.05, 0) is 6.54 Å². The molecule has 1 saturated heterocycles. The van der Waals surface area contributed by atoms with Crippen LogP contribution in [0.5, 0.6) is 5.88 Å². The van der Waals surface area contributed by atoms with Crippen LogP contribution in [-0.4, -0.2) is 60.1 Å². The Morgan fingerprint density at radius 1 is 1.56 bits per heavy atom. The van der Waals surface area contributed by atoms with Gasteiger partial charge in [0.1, 0.15) is 6.10 Å². The molecule has 0 aromatic carbocycles. The first-order valence-corrected chi connectivity index (χ1v) is 5.99. The largest absolute Gasteiger partial charge is 0.479 e. The highest BCUT2D eigenvalue weighted by molar-refractivity contribution is 5.99. The van der Waals surface area contributed by atoms with Crippen LogP contribution < -0.4 is 4.74 Å². The summed E-state index contributed by atoms with van der Waals surface area (Å²) in [4.78, 5) is 22.5. The third-order valence-electron chi connectivity index (χ3n) is 2.98. The van der Waals surface area contributed by atoms with Gasteiger partial charge < -0.3 is 9.47 Å². The Hall–Kier alpha value is -1.53. The molecule has 1 unspecified atom stereocenters. The third-order valence-corrected chi connectivity index (χ3v) is 2.98. The second-order valence-corrected chi connectivity index (χ2v) is 4.03. The first kappa shape index (κ1) is 12.9. The first-order chi connectivity index (χ1) is 8.76. The summed E-state index contributed by atoms with van der Waals surface area (Å²) < 4.78 is 10.6. The maximum Gasteiger partial charge on any atom is 0.243 e. The molecule has 1 aromatic rings. The molecule has 1 aliphatic heterocycles. The summed E-state index contributed by atoms with van der Waals surface area (Å²) in [5.41, 5.74) is 0.239. The number of hydrogen-bond acceptors (Lipinski definition) is 6. The standard InChI is InChI=1S/C12H17N3O3/c1-3-15-6-7-18-9(8-15)11(16)10-12(17-2)14-5-4-13-10/h4-5,9H,3,6-8H2,1-2H3. The molecule has 0 radical (unpaired) electrons. The van der Waals surface area contributed by atoms with Gasteiger partial charge in [-0.2, -0.15) is 0 Å². The van der Waals surface area contributed by atoms with Gasteiger partial charge >= 0.3 is 0 Å². The fourth-order valence-electron chi connectivity index (χ4n) is 1.94. The first-order valence-electron chi connectivity index (χ1n) is 5.99. The van der Waals surface area contributed by atoms with Crippen molar-refractivity contribution < 1.29 is 14.3 Å². The van der Waals surface area contributed by atoms with Crippen molar-refractivity contribution in [1.29, 1.82) is 0 Å². The van der Waals surface area contributed by atoms with Gasteiger partial charge in [-0.25, -0.2) is 9.97 Å². The molecule has 18 heavy (non-hydrogen) atoms. The number of ketones is 1. The van der Waals surface area contributed by atoms with Crippen molar-refractivity contribution in [3.63, 3.8) is 0 Å². The van der Waals surface area contributed by atoms with E-state index in [4.69, 9.17) is 9.47 Å². The Kier molecular flexibility index (Phi) is 4.22. The molecule has 1 aliphatic rings. The molecule has 0 bridgehead atoms. The highest BCUT2D eigenvalue weighted by Crippen LogP contribution is 2.16. The van der Waals surface area contributed by atoms with E-state index in [2.05, 4.69) is 21.8 Å². The van der Waals surface area contributed by atoms with Gasteiger partial charge in [0.05, 0.1) is 13.7 Å². The quantitative estimate of drug-likeness (QED) is 0.721. The predicted octanol–water partition coefficient (Wildman–Crippen LogP) is 0.389. The van der Waals surface area contributed by atoms with Crippen LogP contribution in [0.2, 0.25) is 0 Å². The molecule has 0 saturated carbocycles. The minimum Gasteiger partial charge on any atom is -0.479 e.